The average Bonchev–Trinajstić information content (AvgIpc) is 2.94. The van der Waals surface area contributed by atoms with Crippen LogP contribution in [-0.4, -0.2) is 107 Å². The summed E-state index contributed by atoms with van der Waals surface area (Å²) >= 11 is 0. The molecule has 1 heterocycles. The molecule has 38 heavy (non-hydrogen) atoms. The van der Waals surface area contributed by atoms with Gasteiger partial charge in [-0.1, -0.05) is 12.1 Å². The van der Waals surface area contributed by atoms with Gasteiger partial charge in [0.1, 0.15) is 30.5 Å². The third kappa shape index (κ3) is 6.84. The topological polar surface area (TPSA) is 188 Å². The molecule has 0 saturated carbocycles. The van der Waals surface area contributed by atoms with E-state index >= 15 is 0 Å². The fourth-order valence-electron chi connectivity index (χ4n) is 4.08. The minimum atomic E-state index is -1.61. The molecule has 12 heteroatoms. The van der Waals surface area contributed by atoms with Gasteiger partial charge < -0.3 is 59.4 Å². The van der Waals surface area contributed by atoms with Gasteiger partial charge in [-0.3, -0.25) is 0 Å². The largest absolute Gasteiger partial charge is 0.493 e. The number of hydrogen-bond donors (Lipinski definition) is 7. The van der Waals surface area contributed by atoms with Crippen molar-refractivity contribution in [1.82, 2.24) is 0 Å². The van der Waals surface area contributed by atoms with Crippen LogP contribution in [-0.2, 0) is 11.2 Å². The first kappa shape index (κ1) is 29.9. The SMILES string of the molecule is COc1cc([C@H](O)[C@H](CO)Oc2ccc(CCCO)cc2OC)ccc1O[C@@H]1O[C@H](CO)[C@@H](O)[C@H](O)[C@H]1O. The van der Waals surface area contributed by atoms with Gasteiger partial charge in [-0.05, 0) is 48.2 Å². The lowest BCUT2D eigenvalue weighted by atomic mass is 9.99. The van der Waals surface area contributed by atoms with Gasteiger partial charge in [0.05, 0.1) is 27.4 Å². The van der Waals surface area contributed by atoms with Crippen LogP contribution in [0.1, 0.15) is 23.7 Å². The summed E-state index contributed by atoms with van der Waals surface area (Å²) in [7, 11) is 2.83. The predicted molar refractivity (Wildman–Crippen MR) is 132 cm³/mol. The smallest absolute Gasteiger partial charge is 0.229 e. The maximum absolute atomic E-state index is 11.0. The minimum Gasteiger partial charge on any atom is -0.493 e. The maximum atomic E-state index is 11.0. The summed E-state index contributed by atoms with van der Waals surface area (Å²) < 4.78 is 27.6. The van der Waals surface area contributed by atoms with Crippen LogP contribution >= 0.6 is 0 Å². The van der Waals surface area contributed by atoms with E-state index in [1.807, 2.05) is 6.07 Å². The summed E-state index contributed by atoms with van der Waals surface area (Å²) in [6, 6.07) is 9.62. The van der Waals surface area contributed by atoms with E-state index in [0.717, 1.165) is 5.56 Å². The van der Waals surface area contributed by atoms with Crippen LogP contribution in [0.2, 0.25) is 0 Å². The molecule has 212 valence electrons. The molecule has 0 aromatic heterocycles. The summed E-state index contributed by atoms with van der Waals surface area (Å²) in [5.74, 6) is 0.954. The monoisotopic (exact) mass is 540 g/mol. The van der Waals surface area contributed by atoms with E-state index in [4.69, 9.17) is 28.8 Å². The Morgan fingerprint density at radius 2 is 1.53 bits per heavy atom. The molecule has 1 saturated heterocycles. The maximum Gasteiger partial charge on any atom is 0.229 e. The summed E-state index contributed by atoms with van der Waals surface area (Å²) in [5.41, 5.74) is 1.25. The van der Waals surface area contributed by atoms with Gasteiger partial charge in [0.15, 0.2) is 29.1 Å². The Hall–Kier alpha value is -2.68. The highest BCUT2D eigenvalue weighted by atomic mass is 16.7. The number of hydrogen-bond acceptors (Lipinski definition) is 12. The quantitative estimate of drug-likeness (QED) is 0.169. The van der Waals surface area contributed by atoms with Crippen molar-refractivity contribution in [3.8, 4) is 23.0 Å². The average molecular weight is 541 g/mol. The highest BCUT2D eigenvalue weighted by molar-refractivity contribution is 5.45. The zero-order valence-electron chi connectivity index (χ0n) is 21.2. The second kappa shape index (κ2) is 13.9. The summed E-state index contributed by atoms with van der Waals surface area (Å²) in [4.78, 5) is 0. The predicted octanol–water partition coefficient (Wildman–Crippen LogP) is -0.719. The van der Waals surface area contributed by atoms with E-state index in [1.165, 1.54) is 32.4 Å². The molecule has 1 fully saturated rings. The standard InChI is InChI=1S/C26H36O12/c1-34-18-10-14(4-3-9-27)5-7-16(18)36-20(12-28)22(30)15-6-8-17(19(11-15)35-2)37-26-25(33)24(32)23(31)21(13-29)38-26/h5-8,10-11,20-33H,3-4,9,12-13H2,1-2H3/t20-,21+,22-,23+,24-,25+,26+/m0/s1. The Morgan fingerprint density at radius 3 is 2.16 bits per heavy atom. The second-order valence-corrected chi connectivity index (χ2v) is 8.82. The molecule has 7 atom stereocenters. The molecule has 12 nitrogen and oxygen atoms in total. The summed E-state index contributed by atoms with van der Waals surface area (Å²) in [6.07, 6.45) is -8.44. The van der Waals surface area contributed by atoms with Crippen LogP contribution in [0, 0.1) is 0 Å². The number of methoxy groups -OCH3 is 2. The highest BCUT2D eigenvalue weighted by Crippen LogP contribution is 2.36. The van der Waals surface area contributed by atoms with Gasteiger partial charge >= 0.3 is 0 Å². The first-order valence-corrected chi connectivity index (χ1v) is 12.2. The number of aliphatic hydroxyl groups is 7. The van der Waals surface area contributed by atoms with Gasteiger partial charge in [-0.2, -0.15) is 0 Å². The Balaban J connectivity index is 1.76. The van der Waals surface area contributed by atoms with Crippen molar-refractivity contribution >= 4 is 0 Å². The molecule has 3 rings (SSSR count). The molecule has 2 aromatic rings. The summed E-state index contributed by atoms with van der Waals surface area (Å²) in [6.45, 7) is -1.07. The molecule has 1 aliphatic heterocycles. The van der Waals surface area contributed by atoms with E-state index in [9.17, 15) is 30.6 Å². The summed E-state index contributed by atoms with van der Waals surface area (Å²) in [5, 5.41) is 69.5. The van der Waals surface area contributed by atoms with Gasteiger partial charge in [0.25, 0.3) is 0 Å². The first-order valence-electron chi connectivity index (χ1n) is 12.2. The molecular formula is C26H36O12. The lowest BCUT2D eigenvalue weighted by Gasteiger charge is -2.39. The van der Waals surface area contributed by atoms with Crippen molar-refractivity contribution < 1.29 is 59.4 Å². The third-order valence-electron chi connectivity index (χ3n) is 6.28. The van der Waals surface area contributed by atoms with Gasteiger partial charge in [0.2, 0.25) is 6.29 Å². The Bertz CT molecular complexity index is 1020. The number of rotatable bonds is 13. The van der Waals surface area contributed by atoms with Crippen molar-refractivity contribution in [3.05, 3.63) is 47.5 Å². The molecular weight excluding hydrogens is 504 g/mol. The number of ether oxygens (including phenoxy) is 5. The first-order chi connectivity index (χ1) is 18.3. The fraction of sp³-hybridized carbons (Fsp3) is 0.538. The minimum absolute atomic E-state index is 0.0646. The van der Waals surface area contributed by atoms with Crippen molar-refractivity contribution in [2.24, 2.45) is 0 Å². The Labute approximate surface area is 220 Å². The molecule has 0 spiro atoms. The second-order valence-electron chi connectivity index (χ2n) is 8.82. The van der Waals surface area contributed by atoms with Gasteiger partial charge in [0, 0.05) is 6.61 Å². The Kier molecular flexibility index (Phi) is 10.9. The van der Waals surface area contributed by atoms with Crippen LogP contribution in [0.4, 0.5) is 0 Å². The lowest BCUT2D eigenvalue weighted by Crippen LogP contribution is -2.60. The van der Waals surface area contributed by atoms with Crippen molar-refractivity contribution in [3.63, 3.8) is 0 Å². The van der Waals surface area contributed by atoms with Crippen molar-refractivity contribution in [2.45, 2.75) is 55.8 Å². The number of aliphatic hydroxyl groups excluding tert-OH is 7. The van der Waals surface area contributed by atoms with Gasteiger partial charge in [-0.15, -0.1) is 0 Å². The molecule has 0 aliphatic carbocycles. The van der Waals surface area contributed by atoms with E-state index in [0.29, 0.717) is 29.9 Å². The molecule has 0 amide bonds. The molecule has 1 aliphatic rings. The zero-order valence-corrected chi connectivity index (χ0v) is 21.2. The van der Waals surface area contributed by atoms with E-state index in [1.54, 1.807) is 12.1 Å². The normalized spacial score (nSPS) is 24.9. The lowest BCUT2D eigenvalue weighted by molar-refractivity contribution is -0.277. The third-order valence-corrected chi connectivity index (χ3v) is 6.28. The van der Waals surface area contributed by atoms with E-state index < -0.39 is 56.1 Å². The molecule has 7 N–H and O–H groups in total. The van der Waals surface area contributed by atoms with Crippen molar-refractivity contribution in [1.29, 1.82) is 0 Å². The fourth-order valence-corrected chi connectivity index (χ4v) is 4.08. The van der Waals surface area contributed by atoms with Crippen LogP contribution in [0.15, 0.2) is 36.4 Å². The van der Waals surface area contributed by atoms with E-state index in [2.05, 4.69) is 0 Å². The zero-order chi connectivity index (χ0) is 27.8. The molecule has 0 bridgehead atoms. The molecule has 0 radical (unpaired) electrons. The Morgan fingerprint density at radius 1 is 0.842 bits per heavy atom. The highest BCUT2D eigenvalue weighted by Gasteiger charge is 2.45. The molecule has 0 unspecified atom stereocenters. The number of benzene rings is 2. The van der Waals surface area contributed by atoms with Crippen molar-refractivity contribution in [2.75, 3.05) is 34.0 Å². The van der Waals surface area contributed by atoms with E-state index in [-0.39, 0.29) is 18.1 Å². The van der Waals surface area contributed by atoms with Gasteiger partial charge in [-0.25, -0.2) is 0 Å². The van der Waals surface area contributed by atoms with Crippen LogP contribution in [0.3, 0.4) is 0 Å². The van der Waals surface area contributed by atoms with Crippen LogP contribution in [0.5, 0.6) is 23.0 Å². The van der Waals surface area contributed by atoms with Crippen LogP contribution < -0.4 is 18.9 Å². The molecule has 2 aromatic carbocycles. The van der Waals surface area contributed by atoms with Crippen LogP contribution in [0.25, 0.3) is 0 Å². The number of aryl methyl sites for hydroxylation is 1.